The Morgan fingerprint density at radius 1 is 1.11 bits per heavy atom. The van der Waals surface area contributed by atoms with Gasteiger partial charge < -0.3 is 24.2 Å². The number of rotatable bonds is 10. The summed E-state index contributed by atoms with van der Waals surface area (Å²) in [5, 5.41) is 15.9. The monoisotopic (exact) mass is 480 g/mol. The first-order valence-corrected chi connectivity index (χ1v) is 10.9. The standard InChI is InChI=1S/C25H28N4O6/c1-6-35-25(30)21-9-8-20(13-22(21)29(31)32)28-16(2)11-19(17(28)3)15-27-26-14-18-7-10-23(33-4)24(12-18)34-5/h7-13,15,26H,6,14H2,1-5H3/b27-15+. The van der Waals surface area contributed by atoms with E-state index >= 15 is 0 Å². The van der Waals surface area contributed by atoms with Crippen molar-refractivity contribution in [2.24, 2.45) is 5.10 Å². The van der Waals surface area contributed by atoms with E-state index in [4.69, 9.17) is 14.2 Å². The molecule has 0 saturated heterocycles. The van der Waals surface area contributed by atoms with Gasteiger partial charge in [-0.3, -0.25) is 10.1 Å². The molecule has 0 aliphatic rings. The van der Waals surface area contributed by atoms with Crippen LogP contribution in [0.1, 0.15) is 39.8 Å². The summed E-state index contributed by atoms with van der Waals surface area (Å²) < 4.78 is 17.4. The zero-order chi connectivity index (χ0) is 25.5. The number of benzene rings is 2. The second-order valence-electron chi connectivity index (χ2n) is 7.62. The largest absolute Gasteiger partial charge is 0.493 e. The van der Waals surface area contributed by atoms with Crippen molar-refractivity contribution in [1.29, 1.82) is 0 Å². The van der Waals surface area contributed by atoms with Gasteiger partial charge in [-0.25, -0.2) is 4.79 Å². The number of hydrogen-bond acceptors (Lipinski definition) is 8. The third-order valence-corrected chi connectivity index (χ3v) is 5.43. The van der Waals surface area contributed by atoms with E-state index in [1.807, 2.05) is 42.7 Å². The molecule has 0 atom stereocenters. The van der Waals surface area contributed by atoms with Crippen LogP contribution in [-0.2, 0) is 11.3 Å². The highest BCUT2D eigenvalue weighted by atomic mass is 16.6. The molecule has 3 rings (SSSR count). The van der Waals surface area contributed by atoms with Crippen LogP contribution < -0.4 is 14.9 Å². The summed E-state index contributed by atoms with van der Waals surface area (Å²) >= 11 is 0. The lowest BCUT2D eigenvalue weighted by Crippen LogP contribution is -2.09. The topological polar surface area (TPSA) is 117 Å². The first kappa shape index (κ1) is 25.3. The van der Waals surface area contributed by atoms with E-state index in [0.717, 1.165) is 22.5 Å². The number of ether oxygens (including phenoxy) is 3. The van der Waals surface area contributed by atoms with Crippen molar-refractivity contribution >= 4 is 17.9 Å². The van der Waals surface area contributed by atoms with Crippen LogP contribution in [0.15, 0.2) is 47.6 Å². The molecule has 184 valence electrons. The van der Waals surface area contributed by atoms with Crippen molar-refractivity contribution in [3.8, 4) is 17.2 Å². The lowest BCUT2D eigenvalue weighted by Gasteiger charge is -2.11. The number of aromatic nitrogens is 1. The molecule has 0 aliphatic heterocycles. The highest BCUT2D eigenvalue weighted by molar-refractivity contribution is 5.94. The maximum atomic E-state index is 12.1. The maximum Gasteiger partial charge on any atom is 0.345 e. The molecule has 10 heteroatoms. The van der Waals surface area contributed by atoms with Gasteiger partial charge >= 0.3 is 5.97 Å². The minimum atomic E-state index is -0.722. The number of aryl methyl sites for hydroxylation is 1. The van der Waals surface area contributed by atoms with Crippen molar-refractivity contribution in [2.45, 2.75) is 27.3 Å². The molecule has 0 aliphatic carbocycles. The molecule has 3 aromatic rings. The molecular weight excluding hydrogens is 452 g/mol. The van der Waals surface area contributed by atoms with E-state index in [1.165, 1.54) is 12.1 Å². The number of nitro benzene ring substituents is 1. The van der Waals surface area contributed by atoms with Crippen LogP contribution in [0.4, 0.5) is 5.69 Å². The molecule has 35 heavy (non-hydrogen) atoms. The Morgan fingerprint density at radius 2 is 1.86 bits per heavy atom. The SMILES string of the molecule is CCOC(=O)c1ccc(-n2c(C)cc(/C=N/NCc3ccc(OC)c(OC)c3)c2C)cc1[N+](=O)[O-]. The highest BCUT2D eigenvalue weighted by Crippen LogP contribution is 2.28. The second kappa shape index (κ2) is 11.2. The summed E-state index contributed by atoms with van der Waals surface area (Å²) in [6.07, 6.45) is 1.70. The average molecular weight is 481 g/mol. The molecule has 2 aromatic carbocycles. The van der Waals surface area contributed by atoms with Crippen LogP contribution in [0.2, 0.25) is 0 Å². The number of carbonyl (C=O) groups is 1. The van der Waals surface area contributed by atoms with E-state index < -0.39 is 10.9 Å². The lowest BCUT2D eigenvalue weighted by atomic mass is 10.1. The van der Waals surface area contributed by atoms with E-state index in [1.54, 1.807) is 33.4 Å². The van der Waals surface area contributed by atoms with Crippen LogP contribution in [0.5, 0.6) is 11.5 Å². The van der Waals surface area contributed by atoms with E-state index in [9.17, 15) is 14.9 Å². The molecule has 1 heterocycles. The van der Waals surface area contributed by atoms with Crippen molar-refractivity contribution < 1.29 is 23.9 Å². The van der Waals surface area contributed by atoms with E-state index in [-0.39, 0.29) is 17.9 Å². The highest BCUT2D eigenvalue weighted by Gasteiger charge is 2.23. The Kier molecular flexibility index (Phi) is 8.08. The second-order valence-corrected chi connectivity index (χ2v) is 7.62. The number of nitrogens with zero attached hydrogens (tertiary/aromatic N) is 3. The van der Waals surface area contributed by atoms with Crippen LogP contribution in [0.25, 0.3) is 5.69 Å². The molecule has 0 radical (unpaired) electrons. The summed E-state index contributed by atoms with van der Waals surface area (Å²) in [7, 11) is 3.17. The average Bonchev–Trinajstić information content (AvgIpc) is 3.13. The normalized spacial score (nSPS) is 10.9. The van der Waals surface area contributed by atoms with Gasteiger partial charge in [-0.1, -0.05) is 6.07 Å². The Balaban J connectivity index is 1.80. The van der Waals surface area contributed by atoms with Crippen LogP contribution in [0, 0.1) is 24.0 Å². The molecule has 0 spiro atoms. The van der Waals surface area contributed by atoms with Gasteiger partial charge in [-0.2, -0.15) is 5.10 Å². The van der Waals surface area contributed by atoms with Gasteiger partial charge in [0.15, 0.2) is 11.5 Å². The van der Waals surface area contributed by atoms with Gasteiger partial charge in [-0.05, 0) is 56.7 Å². The van der Waals surface area contributed by atoms with E-state index in [0.29, 0.717) is 23.7 Å². The van der Waals surface area contributed by atoms with Gasteiger partial charge in [0.1, 0.15) is 5.56 Å². The van der Waals surface area contributed by atoms with Gasteiger partial charge in [0.05, 0.1) is 44.2 Å². The number of methoxy groups -OCH3 is 2. The van der Waals surface area contributed by atoms with Crippen molar-refractivity contribution in [2.75, 3.05) is 20.8 Å². The summed E-state index contributed by atoms with van der Waals surface area (Å²) in [4.78, 5) is 23.1. The third-order valence-electron chi connectivity index (χ3n) is 5.43. The van der Waals surface area contributed by atoms with Crippen molar-refractivity contribution in [1.82, 2.24) is 9.99 Å². The molecule has 0 saturated carbocycles. The lowest BCUT2D eigenvalue weighted by molar-refractivity contribution is -0.385. The number of nitro groups is 1. The predicted octanol–water partition coefficient (Wildman–Crippen LogP) is 4.32. The quantitative estimate of drug-likeness (QED) is 0.199. The molecule has 0 unspecified atom stereocenters. The number of hydrazone groups is 1. The fraction of sp³-hybridized carbons (Fsp3) is 0.280. The van der Waals surface area contributed by atoms with Crippen LogP contribution in [0.3, 0.4) is 0 Å². The third kappa shape index (κ3) is 5.60. The van der Waals surface area contributed by atoms with Crippen LogP contribution in [-0.4, -0.2) is 42.5 Å². The minimum absolute atomic E-state index is 0.0794. The summed E-state index contributed by atoms with van der Waals surface area (Å²) in [5.74, 6) is 0.574. The zero-order valence-corrected chi connectivity index (χ0v) is 20.3. The Hall–Kier alpha value is -4.34. The number of hydrogen-bond donors (Lipinski definition) is 1. The Morgan fingerprint density at radius 3 is 2.51 bits per heavy atom. The van der Waals surface area contributed by atoms with Crippen molar-refractivity contribution in [3.63, 3.8) is 0 Å². The molecule has 0 amide bonds. The molecular formula is C25H28N4O6. The molecule has 1 N–H and O–H groups in total. The fourth-order valence-corrected chi connectivity index (χ4v) is 3.75. The van der Waals surface area contributed by atoms with Gasteiger partial charge in [-0.15, -0.1) is 0 Å². The van der Waals surface area contributed by atoms with Gasteiger partial charge in [0.2, 0.25) is 0 Å². The minimum Gasteiger partial charge on any atom is -0.493 e. The van der Waals surface area contributed by atoms with Gasteiger partial charge in [0.25, 0.3) is 5.69 Å². The molecule has 0 bridgehead atoms. The van der Waals surface area contributed by atoms with Crippen LogP contribution >= 0.6 is 0 Å². The van der Waals surface area contributed by atoms with Crippen molar-refractivity contribution in [3.05, 3.63) is 80.7 Å². The summed E-state index contributed by atoms with van der Waals surface area (Å²) in [6.45, 7) is 6.06. The summed E-state index contributed by atoms with van der Waals surface area (Å²) in [6, 6.07) is 12.0. The maximum absolute atomic E-state index is 12.1. The molecule has 0 fully saturated rings. The number of nitrogens with one attached hydrogen (secondary N) is 1. The summed E-state index contributed by atoms with van der Waals surface area (Å²) in [5.41, 5.74) is 6.72. The predicted molar refractivity (Wildman–Crippen MR) is 132 cm³/mol. The molecule has 10 nitrogen and oxygen atoms in total. The Bertz CT molecular complexity index is 1270. The smallest absolute Gasteiger partial charge is 0.345 e. The first-order valence-electron chi connectivity index (χ1n) is 10.9. The number of esters is 1. The first-order chi connectivity index (χ1) is 16.8. The van der Waals surface area contributed by atoms with Gasteiger partial charge in [0, 0.05) is 23.0 Å². The Labute approximate surface area is 203 Å². The fourth-order valence-electron chi connectivity index (χ4n) is 3.75. The molecule has 1 aromatic heterocycles. The zero-order valence-electron chi connectivity index (χ0n) is 20.3. The van der Waals surface area contributed by atoms with E-state index in [2.05, 4.69) is 10.5 Å². The number of carbonyl (C=O) groups excluding carboxylic acids is 1.